The number of aromatic amines is 1. The lowest BCUT2D eigenvalue weighted by atomic mass is 10.1. The van der Waals surface area contributed by atoms with E-state index in [1.807, 2.05) is 11.8 Å². The summed E-state index contributed by atoms with van der Waals surface area (Å²) < 4.78 is 1.37. The van der Waals surface area contributed by atoms with Gasteiger partial charge in [0.05, 0.1) is 6.42 Å². The van der Waals surface area contributed by atoms with Crippen molar-refractivity contribution in [1.82, 2.24) is 24.8 Å². The Morgan fingerprint density at radius 2 is 2.27 bits per heavy atom. The zero-order valence-corrected chi connectivity index (χ0v) is 13.4. The van der Waals surface area contributed by atoms with Crippen LogP contribution >= 0.6 is 12.4 Å². The van der Waals surface area contributed by atoms with Crippen molar-refractivity contribution in [3.05, 3.63) is 33.9 Å². The average Bonchev–Trinajstić information content (AvgIpc) is 2.92. The Bertz CT molecular complexity index is 738. The van der Waals surface area contributed by atoms with E-state index in [2.05, 4.69) is 15.4 Å². The van der Waals surface area contributed by atoms with Crippen molar-refractivity contribution in [2.75, 3.05) is 19.6 Å². The molecular weight excluding hydrogens is 306 g/mol. The molecule has 0 radical (unpaired) electrons. The maximum absolute atomic E-state index is 12.5. The minimum Gasteiger partial charge on any atom is -0.337 e. The number of aromatic nitrogens is 3. The minimum absolute atomic E-state index is 0. The summed E-state index contributed by atoms with van der Waals surface area (Å²) in [6.07, 6.45) is 1.76. The number of halogens is 1. The molecule has 0 aromatic carbocycles. The van der Waals surface area contributed by atoms with Crippen LogP contribution in [0.1, 0.15) is 18.2 Å². The van der Waals surface area contributed by atoms with Crippen molar-refractivity contribution in [2.45, 2.75) is 26.3 Å². The summed E-state index contributed by atoms with van der Waals surface area (Å²) in [7, 11) is 0. The van der Waals surface area contributed by atoms with Gasteiger partial charge < -0.3 is 10.2 Å². The van der Waals surface area contributed by atoms with Gasteiger partial charge in [-0.2, -0.15) is 0 Å². The van der Waals surface area contributed by atoms with Crippen LogP contribution in [0.2, 0.25) is 0 Å². The number of aryl methyl sites for hydroxylation is 1. The van der Waals surface area contributed by atoms with Crippen LogP contribution in [0.5, 0.6) is 0 Å². The number of nitrogens with one attached hydrogen (secondary N) is 2. The molecule has 3 heterocycles. The summed E-state index contributed by atoms with van der Waals surface area (Å²) in [4.78, 5) is 31.1. The molecule has 1 amide bonds. The molecule has 2 aromatic heterocycles. The molecule has 1 atom stereocenters. The first kappa shape index (κ1) is 16.5. The minimum atomic E-state index is -0.196. The summed E-state index contributed by atoms with van der Waals surface area (Å²) in [5.41, 5.74) is 1.46. The SMILES string of the molecule is Cc1nc2cc[nH]n2c(=O)c1CC(=O)N1CCNC[C@@H]1C.Cl. The number of carbonyl (C=O) groups excluding carboxylic acids is 1. The standard InChI is InChI=1S/C14H19N5O2.ClH/c1-9-8-15-5-6-18(9)13(20)7-11-10(2)17-12-3-4-16-19(12)14(11)21;/h3-4,9,15-16H,5-8H2,1-2H3;1H/t9-;/m0./s1. The largest absolute Gasteiger partial charge is 0.337 e. The molecule has 0 aliphatic carbocycles. The van der Waals surface area contributed by atoms with Gasteiger partial charge in [0, 0.05) is 49.2 Å². The van der Waals surface area contributed by atoms with E-state index >= 15 is 0 Å². The maximum atomic E-state index is 12.5. The van der Waals surface area contributed by atoms with E-state index in [0.29, 0.717) is 23.4 Å². The number of hydrogen-bond donors (Lipinski definition) is 2. The molecule has 1 aliphatic heterocycles. The lowest BCUT2D eigenvalue weighted by Crippen LogP contribution is -2.53. The van der Waals surface area contributed by atoms with E-state index in [1.165, 1.54) is 4.52 Å². The van der Waals surface area contributed by atoms with Crippen LogP contribution < -0.4 is 10.9 Å². The number of carbonyl (C=O) groups is 1. The zero-order valence-electron chi connectivity index (χ0n) is 12.6. The highest BCUT2D eigenvalue weighted by Crippen LogP contribution is 2.09. The summed E-state index contributed by atoms with van der Waals surface area (Å²) in [5.74, 6) is -0.0162. The number of amides is 1. The molecular formula is C14H20ClN5O2. The first-order valence-electron chi connectivity index (χ1n) is 7.13. The molecule has 0 spiro atoms. The van der Waals surface area contributed by atoms with Crippen molar-refractivity contribution in [2.24, 2.45) is 0 Å². The molecule has 2 N–H and O–H groups in total. The van der Waals surface area contributed by atoms with Gasteiger partial charge in [0.15, 0.2) is 5.65 Å². The second-order valence-corrected chi connectivity index (χ2v) is 5.45. The number of rotatable bonds is 2. The number of nitrogens with zero attached hydrogens (tertiary/aromatic N) is 3. The van der Waals surface area contributed by atoms with Gasteiger partial charge in [-0.1, -0.05) is 0 Å². The van der Waals surface area contributed by atoms with E-state index in [4.69, 9.17) is 0 Å². The van der Waals surface area contributed by atoms with Gasteiger partial charge >= 0.3 is 0 Å². The fraction of sp³-hybridized carbons (Fsp3) is 0.500. The van der Waals surface area contributed by atoms with E-state index in [1.54, 1.807) is 19.2 Å². The Balaban J connectivity index is 0.00000176. The highest BCUT2D eigenvalue weighted by molar-refractivity contribution is 5.85. The van der Waals surface area contributed by atoms with Crippen LogP contribution in [0.3, 0.4) is 0 Å². The molecule has 0 bridgehead atoms. The second kappa shape index (κ2) is 6.50. The average molecular weight is 326 g/mol. The molecule has 0 unspecified atom stereocenters. The Hall–Kier alpha value is -1.86. The Labute approximate surface area is 134 Å². The molecule has 22 heavy (non-hydrogen) atoms. The topological polar surface area (TPSA) is 82.5 Å². The predicted octanol–water partition coefficient (Wildman–Crippen LogP) is 0.116. The van der Waals surface area contributed by atoms with Gasteiger partial charge in [0.25, 0.3) is 5.56 Å². The third-order valence-corrected chi connectivity index (χ3v) is 4.00. The van der Waals surface area contributed by atoms with Crippen molar-refractivity contribution >= 4 is 24.0 Å². The van der Waals surface area contributed by atoms with Crippen molar-refractivity contribution < 1.29 is 4.79 Å². The summed E-state index contributed by atoms with van der Waals surface area (Å²) in [6, 6.07) is 1.88. The highest BCUT2D eigenvalue weighted by Gasteiger charge is 2.24. The normalized spacial score (nSPS) is 18.3. The molecule has 2 aromatic rings. The molecule has 1 saturated heterocycles. The van der Waals surface area contributed by atoms with Gasteiger partial charge in [0.1, 0.15) is 0 Å². The number of H-pyrrole nitrogens is 1. The molecule has 1 aliphatic rings. The molecule has 7 nitrogen and oxygen atoms in total. The summed E-state index contributed by atoms with van der Waals surface area (Å²) in [5, 5.41) is 6.07. The van der Waals surface area contributed by atoms with Gasteiger partial charge in [-0.25, -0.2) is 9.50 Å². The second-order valence-electron chi connectivity index (χ2n) is 5.45. The van der Waals surface area contributed by atoms with E-state index in [0.717, 1.165) is 13.1 Å². The summed E-state index contributed by atoms with van der Waals surface area (Å²) >= 11 is 0. The molecule has 3 rings (SSSR count). The van der Waals surface area contributed by atoms with Crippen molar-refractivity contribution in [3.8, 4) is 0 Å². The number of fused-ring (bicyclic) bond motifs is 1. The van der Waals surface area contributed by atoms with Gasteiger partial charge in [-0.05, 0) is 13.8 Å². The number of piperazine rings is 1. The van der Waals surface area contributed by atoms with Crippen molar-refractivity contribution in [1.29, 1.82) is 0 Å². The van der Waals surface area contributed by atoms with Crippen LogP contribution in [0.4, 0.5) is 0 Å². The molecule has 8 heteroatoms. The fourth-order valence-corrected chi connectivity index (χ4v) is 2.77. The van der Waals surface area contributed by atoms with Crippen LogP contribution in [-0.4, -0.2) is 51.1 Å². The lowest BCUT2D eigenvalue weighted by molar-refractivity contribution is -0.133. The fourth-order valence-electron chi connectivity index (χ4n) is 2.77. The molecule has 1 fully saturated rings. The van der Waals surface area contributed by atoms with Gasteiger partial charge in [0.2, 0.25) is 5.91 Å². The van der Waals surface area contributed by atoms with Crippen LogP contribution in [0, 0.1) is 6.92 Å². The van der Waals surface area contributed by atoms with Gasteiger partial charge in [-0.15, -0.1) is 12.4 Å². The van der Waals surface area contributed by atoms with Crippen molar-refractivity contribution in [3.63, 3.8) is 0 Å². The first-order chi connectivity index (χ1) is 10.1. The molecule has 120 valence electrons. The highest BCUT2D eigenvalue weighted by atomic mass is 35.5. The third-order valence-electron chi connectivity index (χ3n) is 4.00. The van der Waals surface area contributed by atoms with Crippen LogP contribution in [-0.2, 0) is 11.2 Å². The Morgan fingerprint density at radius 3 is 3.00 bits per heavy atom. The maximum Gasteiger partial charge on any atom is 0.276 e. The molecule has 0 saturated carbocycles. The number of hydrogen-bond acceptors (Lipinski definition) is 4. The van der Waals surface area contributed by atoms with Crippen LogP contribution in [0.15, 0.2) is 17.1 Å². The Kier molecular flexibility index (Phi) is 4.87. The quantitative estimate of drug-likeness (QED) is 0.821. The lowest BCUT2D eigenvalue weighted by Gasteiger charge is -2.34. The van der Waals surface area contributed by atoms with E-state index < -0.39 is 0 Å². The zero-order chi connectivity index (χ0) is 15.0. The monoisotopic (exact) mass is 325 g/mol. The van der Waals surface area contributed by atoms with Gasteiger partial charge in [-0.3, -0.25) is 14.7 Å². The smallest absolute Gasteiger partial charge is 0.276 e. The van der Waals surface area contributed by atoms with E-state index in [-0.39, 0.29) is 36.3 Å². The van der Waals surface area contributed by atoms with E-state index in [9.17, 15) is 9.59 Å². The third kappa shape index (κ3) is 2.86. The first-order valence-corrected chi connectivity index (χ1v) is 7.13. The predicted molar refractivity (Wildman–Crippen MR) is 85.5 cm³/mol. The summed E-state index contributed by atoms with van der Waals surface area (Å²) in [6.45, 7) is 6.05. The van der Waals surface area contributed by atoms with Crippen LogP contribution in [0.25, 0.3) is 5.65 Å². The Morgan fingerprint density at radius 1 is 1.50 bits per heavy atom.